The van der Waals surface area contributed by atoms with Crippen LogP contribution in [0.3, 0.4) is 0 Å². The highest BCUT2D eigenvalue weighted by Crippen LogP contribution is 2.02. The molecule has 0 N–H and O–H groups in total. The fourth-order valence-corrected chi connectivity index (χ4v) is 1.41. The molecule has 78 valence electrons. The smallest absolute Gasteiger partial charge is 0.276 e. The highest BCUT2D eigenvalue weighted by Gasteiger charge is 2.16. The lowest BCUT2D eigenvalue weighted by Crippen LogP contribution is -2.34. The van der Waals surface area contributed by atoms with Gasteiger partial charge in [-0.3, -0.25) is 4.79 Å². The third-order valence-electron chi connectivity index (χ3n) is 1.65. The zero-order valence-corrected chi connectivity index (χ0v) is 8.96. The lowest BCUT2D eigenvalue weighted by Gasteiger charge is -2.18. The lowest BCUT2D eigenvalue weighted by atomic mass is 10.3. The van der Waals surface area contributed by atoms with Crippen LogP contribution in [0.25, 0.3) is 0 Å². The van der Waals surface area contributed by atoms with Crippen LogP contribution in [-0.2, 0) is 0 Å². The molecule has 1 amide bonds. The van der Waals surface area contributed by atoms with E-state index in [0.29, 0.717) is 24.8 Å². The van der Waals surface area contributed by atoms with Crippen molar-refractivity contribution in [2.75, 3.05) is 24.8 Å². The molecule has 0 aliphatic heterocycles. The normalized spacial score (nSPS) is 10.1. The van der Waals surface area contributed by atoms with E-state index in [2.05, 4.69) is 9.68 Å². The summed E-state index contributed by atoms with van der Waals surface area (Å²) in [5, 5.41) is 3.55. The van der Waals surface area contributed by atoms with E-state index in [-0.39, 0.29) is 11.6 Å². The van der Waals surface area contributed by atoms with Crippen molar-refractivity contribution in [2.45, 2.75) is 0 Å². The number of aromatic nitrogens is 1. The first kappa shape index (κ1) is 11.3. The Kier molecular flexibility index (Phi) is 4.76. The van der Waals surface area contributed by atoms with Gasteiger partial charge in [0.2, 0.25) is 0 Å². The molecule has 1 heterocycles. The van der Waals surface area contributed by atoms with E-state index < -0.39 is 0 Å². The van der Waals surface area contributed by atoms with E-state index >= 15 is 0 Å². The molecule has 0 aromatic carbocycles. The van der Waals surface area contributed by atoms with Crippen LogP contribution in [-0.4, -0.2) is 40.8 Å². The fourth-order valence-electron chi connectivity index (χ4n) is 1.00. The van der Waals surface area contributed by atoms with Crippen molar-refractivity contribution in [3.63, 3.8) is 0 Å². The number of rotatable bonds is 5. The molecular formula is C8H10Cl2N2O2. The molecule has 14 heavy (non-hydrogen) atoms. The topological polar surface area (TPSA) is 46.3 Å². The summed E-state index contributed by atoms with van der Waals surface area (Å²) < 4.78 is 4.58. The molecule has 0 spiro atoms. The minimum atomic E-state index is -0.208. The zero-order valence-electron chi connectivity index (χ0n) is 7.45. The molecule has 0 saturated heterocycles. The summed E-state index contributed by atoms with van der Waals surface area (Å²) in [6.07, 6.45) is 1.35. The summed E-state index contributed by atoms with van der Waals surface area (Å²) >= 11 is 11.1. The van der Waals surface area contributed by atoms with Crippen molar-refractivity contribution in [1.82, 2.24) is 10.1 Å². The van der Waals surface area contributed by atoms with Crippen LogP contribution in [0.2, 0.25) is 0 Å². The van der Waals surface area contributed by atoms with Gasteiger partial charge in [-0.15, -0.1) is 23.2 Å². The molecule has 0 atom stereocenters. The van der Waals surface area contributed by atoms with Gasteiger partial charge in [-0.2, -0.15) is 0 Å². The van der Waals surface area contributed by atoms with E-state index in [1.807, 2.05) is 0 Å². The highest BCUT2D eigenvalue weighted by molar-refractivity contribution is 6.18. The average molecular weight is 237 g/mol. The Labute approximate surface area is 91.7 Å². The maximum Gasteiger partial charge on any atom is 0.276 e. The molecular weight excluding hydrogens is 227 g/mol. The van der Waals surface area contributed by atoms with Crippen LogP contribution >= 0.6 is 23.2 Å². The molecule has 0 saturated carbocycles. The Bertz CT molecular complexity index is 271. The Morgan fingerprint density at radius 2 is 2.07 bits per heavy atom. The average Bonchev–Trinajstić information content (AvgIpc) is 2.69. The van der Waals surface area contributed by atoms with Gasteiger partial charge in [0.25, 0.3) is 5.91 Å². The van der Waals surface area contributed by atoms with Gasteiger partial charge in [0.1, 0.15) is 6.26 Å². The largest absolute Gasteiger partial charge is 0.364 e. The molecule has 0 aliphatic carbocycles. The Hall–Kier alpha value is -0.740. The maximum atomic E-state index is 11.7. The summed E-state index contributed by atoms with van der Waals surface area (Å²) in [4.78, 5) is 13.2. The van der Waals surface area contributed by atoms with Crippen molar-refractivity contribution < 1.29 is 9.32 Å². The number of amides is 1. The second-order valence-electron chi connectivity index (χ2n) is 2.55. The summed E-state index contributed by atoms with van der Waals surface area (Å²) in [6, 6.07) is 1.51. The van der Waals surface area contributed by atoms with Gasteiger partial charge in [-0.25, -0.2) is 0 Å². The van der Waals surface area contributed by atoms with Gasteiger partial charge < -0.3 is 9.42 Å². The molecule has 1 aromatic rings. The molecule has 0 fully saturated rings. The first-order valence-corrected chi connectivity index (χ1v) is 5.18. The molecule has 0 bridgehead atoms. The summed E-state index contributed by atoms with van der Waals surface area (Å²) in [5.41, 5.74) is 0.278. The molecule has 1 aromatic heterocycles. The standard InChI is InChI=1S/C8H10Cl2N2O2/c9-2-4-12(5-3-10)8(13)7-1-6-14-11-7/h1,6H,2-5H2. The van der Waals surface area contributed by atoms with Crippen molar-refractivity contribution in [2.24, 2.45) is 0 Å². The number of carbonyl (C=O) groups is 1. The Balaban J connectivity index is 2.63. The summed E-state index contributed by atoms with van der Waals surface area (Å²) in [7, 11) is 0. The summed E-state index contributed by atoms with van der Waals surface area (Å²) in [5.74, 6) is 0.543. The number of hydrogen-bond donors (Lipinski definition) is 0. The minimum absolute atomic E-state index is 0.208. The van der Waals surface area contributed by atoms with Gasteiger partial charge in [-0.1, -0.05) is 5.16 Å². The van der Waals surface area contributed by atoms with Crippen LogP contribution in [0.4, 0.5) is 0 Å². The van der Waals surface area contributed by atoms with Crippen LogP contribution in [0.5, 0.6) is 0 Å². The molecule has 1 rings (SSSR count). The van der Waals surface area contributed by atoms with Crippen molar-refractivity contribution in [3.8, 4) is 0 Å². The van der Waals surface area contributed by atoms with E-state index in [9.17, 15) is 4.79 Å². The SMILES string of the molecule is O=C(c1ccon1)N(CCCl)CCCl. The molecule has 4 nitrogen and oxygen atoms in total. The molecule has 0 aliphatic rings. The number of hydrogen-bond acceptors (Lipinski definition) is 3. The van der Waals surface area contributed by atoms with Gasteiger partial charge in [0, 0.05) is 30.9 Å². The van der Waals surface area contributed by atoms with E-state index in [4.69, 9.17) is 23.2 Å². The third-order valence-corrected chi connectivity index (χ3v) is 1.99. The summed E-state index contributed by atoms with van der Waals surface area (Å²) in [6.45, 7) is 0.917. The van der Waals surface area contributed by atoms with Crippen molar-refractivity contribution in [1.29, 1.82) is 0 Å². The van der Waals surface area contributed by atoms with Crippen LogP contribution in [0.1, 0.15) is 10.5 Å². The van der Waals surface area contributed by atoms with E-state index in [1.54, 1.807) is 0 Å². The van der Waals surface area contributed by atoms with Gasteiger partial charge >= 0.3 is 0 Å². The Morgan fingerprint density at radius 1 is 1.43 bits per heavy atom. The van der Waals surface area contributed by atoms with Crippen LogP contribution < -0.4 is 0 Å². The van der Waals surface area contributed by atoms with Crippen molar-refractivity contribution >= 4 is 29.1 Å². The lowest BCUT2D eigenvalue weighted by molar-refractivity contribution is 0.0764. The van der Waals surface area contributed by atoms with Gasteiger partial charge in [0.15, 0.2) is 5.69 Å². The number of alkyl halides is 2. The zero-order chi connectivity index (χ0) is 10.4. The molecule has 0 radical (unpaired) electrons. The van der Waals surface area contributed by atoms with Gasteiger partial charge in [0.05, 0.1) is 0 Å². The van der Waals surface area contributed by atoms with E-state index in [0.717, 1.165) is 0 Å². The molecule has 6 heteroatoms. The number of nitrogens with zero attached hydrogens (tertiary/aromatic N) is 2. The second kappa shape index (κ2) is 5.88. The highest BCUT2D eigenvalue weighted by atomic mass is 35.5. The Morgan fingerprint density at radius 3 is 2.50 bits per heavy atom. The first-order valence-electron chi connectivity index (χ1n) is 4.11. The van der Waals surface area contributed by atoms with Crippen LogP contribution in [0, 0.1) is 0 Å². The maximum absolute atomic E-state index is 11.7. The number of halogens is 2. The minimum Gasteiger partial charge on any atom is -0.364 e. The van der Waals surface area contributed by atoms with Gasteiger partial charge in [-0.05, 0) is 0 Å². The third kappa shape index (κ3) is 2.89. The van der Waals surface area contributed by atoms with E-state index in [1.165, 1.54) is 17.2 Å². The predicted octanol–water partition coefficient (Wildman–Crippen LogP) is 1.59. The van der Waals surface area contributed by atoms with Crippen molar-refractivity contribution in [3.05, 3.63) is 18.0 Å². The first-order chi connectivity index (χ1) is 6.79. The fraction of sp³-hybridized carbons (Fsp3) is 0.500. The second-order valence-corrected chi connectivity index (χ2v) is 3.31. The quantitative estimate of drug-likeness (QED) is 0.730. The number of carbonyl (C=O) groups excluding carboxylic acids is 1. The monoisotopic (exact) mass is 236 g/mol. The molecule has 0 unspecified atom stereocenters. The van der Waals surface area contributed by atoms with Crippen LogP contribution in [0.15, 0.2) is 16.9 Å². The predicted molar refractivity (Wildman–Crippen MR) is 53.8 cm³/mol.